The Hall–Kier alpha value is -0.500. The molecule has 2 heteroatoms. The van der Waals surface area contributed by atoms with Crippen molar-refractivity contribution in [3.8, 4) is 0 Å². The lowest BCUT2D eigenvalue weighted by molar-refractivity contribution is 0.788. The quantitative estimate of drug-likeness (QED) is 0.607. The molecule has 0 unspecified atom stereocenters. The lowest BCUT2D eigenvalue weighted by Crippen LogP contribution is -2.20. The van der Waals surface area contributed by atoms with Gasteiger partial charge < -0.3 is 11.1 Å². The molecule has 1 fully saturated rings. The van der Waals surface area contributed by atoms with Gasteiger partial charge in [0.15, 0.2) is 0 Å². The molecule has 0 atom stereocenters. The molecular weight excluding hydrogens is 124 g/mol. The molecule has 1 saturated carbocycles. The molecule has 0 aliphatic heterocycles. The van der Waals surface area contributed by atoms with Crippen LogP contribution in [0.25, 0.3) is 0 Å². The fraction of sp³-hybridized carbons (Fsp3) is 0.750. The first-order valence-corrected chi connectivity index (χ1v) is 3.95. The number of allylic oxidation sites excluding steroid dienone is 2. The van der Waals surface area contributed by atoms with E-state index in [2.05, 4.69) is 18.3 Å². The standard InChI is InChI=1S/C8H16N2/c1-7(10-5-4-9)6-8-2-3-8/h6,8,10H,2-5,9H2,1H3/b7-6+. The van der Waals surface area contributed by atoms with E-state index in [-0.39, 0.29) is 0 Å². The molecule has 0 heterocycles. The molecule has 0 radical (unpaired) electrons. The van der Waals surface area contributed by atoms with Crippen molar-refractivity contribution < 1.29 is 0 Å². The Morgan fingerprint density at radius 3 is 2.90 bits per heavy atom. The third-order valence-corrected chi connectivity index (χ3v) is 1.66. The molecule has 1 rings (SSSR count). The van der Waals surface area contributed by atoms with E-state index in [0.717, 1.165) is 19.0 Å². The lowest BCUT2D eigenvalue weighted by atomic mass is 10.3. The van der Waals surface area contributed by atoms with Gasteiger partial charge in [0.05, 0.1) is 0 Å². The van der Waals surface area contributed by atoms with Crippen LogP contribution in [0.2, 0.25) is 0 Å². The highest BCUT2D eigenvalue weighted by atomic mass is 14.9. The Balaban J connectivity index is 2.11. The number of hydrogen-bond acceptors (Lipinski definition) is 2. The summed E-state index contributed by atoms with van der Waals surface area (Å²) in [7, 11) is 0. The smallest absolute Gasteiger partial charge is 0.0266 e. The van der Waals surface area contributed by atoms with Crippen molar-refractivity contribution in [2.75, 3.05) is 13.1 Å². The Morgan fingerprint density at radius 2 is 2.40 bits per heavy atom. The molecule has 0 spiro atoms. The first-order chi connectivity index (χ1) is 4.83. The lowest BCUT2D eigenvalue weighted by Gasteiger charge is -2.02. The van der Waals surface area contributed by atoms with Gasteiger partial charge in [-0.3, -0.25) is 0 Å². The van der Waals surface area contributed by atoms with Crippen LogP contribution in [-0.2, 0) is 0 Å². The van der Waals surface area contributed by atoms with Crippen molar-refractivity contribution in [1.29, 1.82) is 0 Å². The Kier molecular flexibility index (Phi) is 2.75. The molecule has 0 aromatic carbocycles. The van der Waals surface area contributed by atoms with E-state index in [4.69, 9.17) is 5.73 Å². The summed E-state index contributed by atoms with van der Waals surface area (Å²) >= 11 is 0. The summed E-state index contributed by atoms with van der Waals surface area (Å²) in [6.45, 7) is 3.72. The first-order valence-electron chi connectivity index (χ1n) is 3.95. The number of rotatable bonds is 4. The van der Waals surface area contributed by atoms with Crippen LogP contribution in [0.4, 0.5) is 0 Å². The minimum atomic E-state index is 0.718. The van der Waals surface area contributed by atoms with Crippen LogP contribution in [0, 0.1) is 5.92 Å². The highest BCUT2D eigenvalue weighted by molar-refractivity contribution is 5.03. The maximum atomic E-state index is 5.33. The summed E-state index contributed by atoms with van der Waals surface area (Å²) in [5, 5.41) is 3.24. The molecule has 0 saturated heterocycles. The van der Waals surface area contributed by atoms with E-state index < -0.39 is 0 Å². The van der Waals surface area contributed by atoms with Crippen molar-refractivity contribution in [2.45, 2.75) is 19.8 Å². The third kappa shape index (κ3) is 2.87. The van der Waals surface area contributed by atoms with Gasteiger partial charge in [0.1, 0.15) is 0 Å². The zero-order valence-electron chi connectivity index (χ0n) is 6.56. The van der Waals surface area contributed by atoms with Gasteiger partial charge in [-0.1, -0.05) is 6.08 Å². The average molecular weight is 140 g/mol. The minimum Gasteiger partial charge on any atom is -0.388 e. The van der Waals surface area contributed by atoms with E-state index in [1.54, 1.807) is 0 Å². The summed E-state index contributed by atoms with van der Waals surface area (Å²) in [5.74, 6) is 0.866. The fourth-order valence-corrected chi connectivity index (χ4v) is 0.945. The molecule has 0 bridgehead atoms. The van der Waals surface area contributed by atoms with Crippen molar-refractivity contribution in [3.05, 3.63) is 11.8 Å². The van der Waals surface area contributed by atoms with Gasteiger partial charge in [0, 0.05) is 18.8 Å². The highest BCUT2D eigenvalue weighted by Crippen LogP contribution is 2.30. The molecule has 2 nitrogen and oxygen atoms in total. The van der Waals surface area contributed by atoms with Crippen LogP contribution in [0.3, 0.4) is 0 Å². The minimum absolute atomic E-state index is 0.718. The largest absolute Gasteiger partial charge is 0.388 e. The second kappa shape index (κ2) is 3.62. The second-order valence-corrected chi connectivity index (χ2v) is 2.90. The maximum absolute atomic E-state index is 5.33. The van der Waals surface area contributed by atoms with E-state index in [9.17, 15) is 0 Å². The van der Waals surface area contributed by atoms with Gasteiger partial charge in [0.2, 0.25) is 0 Å². The van der Waals surface area contributed by atoms with Crippen LogP contribution in [0.15, 0.2) is 11.8 Å². The molecule has 0 aromatic rings. The predicted octanol–water partition coefficient (Wildman–Crippen LogP) is 0.849. The second-order valence-electron chi connectivity index (χ2n) is 2.90. The molecule has 0 amide bonds. The van der Waals surface area contributed by atoms with Crippen LogP contribution in [0.1, 0.15) is 19.8 Å². The average Bonchev–Trinajstić information content (AvgIpc) is 2.67. The molecule has 58 valence electrons. The number of nitrogens with one attached hydrogen (secondary N) is 1. The van der Waals surface area contributed by atoms with E-state index >= 15 is 0 Å². The molecular formula is C8H16N2. The Morgan fingerprint density at radius 1 is 1.70 bits per heavy atom. The van der Waals surface area contributed by atoms with Crippen molar-refractivity contribution in [1.82, 2.24) is 5.32 Å². The summed E-state index contributed by atoms with van der Waals surface area (Å²) in [6, 6.07) is 0. The summed E-state index contributed by atoms with van der Waals surface area (Å²) in [4.78, 5) is 0. The van der Waals surface area contributed by atoms with E-state index in [0.29, 0.717) is 0 Å². The molecule has 1 aliphatic carbocycles. The van der Waals surface area contributed by atoms with Gasteiger partial charge in [-0.25, -0.2) is 0 Å². The van der Waals surface area contributed by atoms with Crippen LogP contribution >= 0.6 is 0 Å². The maximum Gasteiger partial charge on any atom is 0.0266 e. The summed E-state index contributed by atoms with van der Waals surface area (Å²) in [5.41, 5.74) is 6.62. The van der Waals surface area contributed by atoms with Gasteiger partial charge in [-0.05, 0) is 25.7 Å². The van der Waals surface area contributed by atoms with Crippen LogP contribution < -0.4 is 11.1 Å². The predicted molar refractivity (Wildman–Crippen MR) is 43.5 cm³/mol. The monoisotopic (exact) mass is 140 g/mol. The Bertz CT molecular complexity index is 125. The van der Waals surface area contributed by atoms with E-state index in [1.807, 2.05) is 0 Å². The van der Waals surface area contributed by atoms with Gasteiger partial charge >= 0.3 is 0 Å². The molecule has 1 aliphatic rings. The van der Waals surface area contributed by atoms with Crippen molar-refractivity contribution in [2.24, 2.45) is 11.7 Å². The number of hydrogen-bond donors (Lipinski definition) is 2. The third-order valence-electron chi connectivity index (χ3n) is 1.66. The van der Waals surface area contributed by atoms with Crippen LogP contribution in [0.5, 0.6) is 0 Å². The van der Waals surface area contributed by atoms with Crippen LogP contribution in [-0.4, -0.2) is 13.1 Å². The Labute approximate surface area is 62.5 Å². The summed E-state index contributed by atoms with van der Waals surface area (Å²) < 4.78 is 0. The zero-order chi connectivity index (χ0) is 7.40. The van der Waals surface area contributed by atoms with Gasteiger partial charge in [0.25, 0.3) is 0 Å². The number of nitrogens with two attached hydrogens (primary N) is 1. The van der Waals surface area contributed by atoms with Gasteiger partial charge in [-0.15, -0.1) is 0 Å². The first kappa shape index (κ1) is 7.61. The van der Waals surface area contributed by atoms with Gasteiger partial charge in [-0.2, -0.15) is 0 Å². The van der Waals surface area contributed by atoms with Crippen molar-refractivity contribution in [3.63, 3.8) is 0 Å². The zero-order valence-corrected chi connectivity index (χ0v) is 6.56. The van der Waals surface area contributed by atoms with E-state index in [1.165, 1.54) is 18.5 Å². The molecule has 0 aromatic heterocycles. The normalized spacial score (nSPS) is 19.2. The highest BCUT2D eigenvalue weighted by Gasteiger charge is 2.17. The molecule has 3 N–H and O–H groups in total. The molecule has 10 heavy (non-hydrogen) atoms. The fourth-order valence-electron chi connectivity index (χ4n) is 0.945. The summed E-state index contributed by atoms with van der Waals surface area (Å²) in [6.07, 6.45) is 5.05. The SMILES string of the molecule is C/C(=C\C1CC1)NCCN. The topological polar surface area (TPSA) is 38.0 Å². The van der Waals surface area contributed by atoms with Crippen molar-refractivity contribution >= 4 is 0 Å².